The zero-order chi connectivity index (χ0) is 13.2. The molecule has 3 rings (SSSR count). The third-order valence-corrected chi connectivity index (χ3v) is 3.92. The smallest absolute Gasteiger partial charge is 0.135 e. The summed E-state index contributed by atoms with van der Waals surface area (Å²) >= 11 is 11.5. The van der Waals surface area contributed by atoms with E-state index >= 15 is 0 Å². The van der Waals surface area contributed by atoms with Crippen LogP contribution in [0.15, 0.2) is 24.3 Å². The maximum absolute atomic E-state index is 6.17. The molecule has 2 heterocycles. The van der Waals surface area contributed by atoms with E-state index in [0.717, 1.165) is 40.7 Å². The van der Waals surface area contributed by atoms with Crippen molar-refractivity contribution in [2.24, 2.45) is 0 Å². The number of hydrogen-bond acceptors (Lipinski definition) is 3. The molecule has 0 saturated heterocycles. The van der Waals surface area contributed by atoms with Gasteiger partial charge in [0.25, 0.3) is 0 Å². The Morgan fingerprint density at radius 1 is 1.37 bits per heavy atom. The second kappa shape index (κ2) is 5.41. The molecule has 0 fully saturated rings. The second-order valence-corrected chi connectivity index (χ2v) is 5.31. The number of nitrogens with zero attached hydrogens (tertiary/aromatic N) is 1. The summed E-state index contributed by atoms with van der Waals surface area (Å²) in [4.78, 5) is 7.81. The predicted molar refractivity (Wildman–Crippen MR) is 77.0 cm³/mol. The summed E-state index contributed by atoms with van der Waals surface area (Å²) < 4.78 is 6.04. The first-order valence-electron chi connectivity index (χ1n) is 6.16. The zero-order valence-electron chi connectivity index (χ0n) is 10.3. The van der Waals surface area contributed by atoms with Gasteiger partial charge < -0.3 is 9.72 Å². The van der Waals surface area contributed by atoms with E-state index in [4.69, 9.17) is 28.6 Å². The van der Waals surface area contributed by atoms with Gasteiger partial charge in [-0.15, -0.1) is 0 Å². The number of fused-ring (bicyclic) bond motifs is 1. The van der Waals surface area contributed by atoms with Crippen LogP contribution in [0.4, 0.5) is 0 Å². The highest BCUT2D eigenvalue weighted by Gasteiger charge is 2.14. The van der Waals surface area contributed by atoms with E-state index in [9.17, 15) is 0 Å². The van der Waals surface area contributed by atoms with Gasteiger partial charge in [0.1, 0.15) is 10.5 Å². The summed E-state index contributed by atoms with van der Waals surface area (Å²) in [7, 11) is 0. The van der Waals surface area contributed by atoms with Crippen molar-refractivity contribution in [1.29, 1.82) is 0 Å². The lowest BCUT2D eigenvalue weighted by Crippen LogP contribution is -2.15. The normalized spacial score (nSPS) is 14.2. The van der Waals surface area contributed by atoms with Crippen molar-refractivity contribution < 1.29 is 4.74 Å². The summed E-state index contributed by atoms with van der Waals surface area (Å²) in [5.74, 6) is 0.860. The summed E-state index contributed by atoms with van der Waals surface area (Å²) in [6, 6.07) is 7.79. The monoisotopic (exact) mass is 292 g/mol. The molecule has 0 spiro atoms. The number of H-pyrrole nitrogens is 1. The third kappa shape index (κ3) is 2.71. The summed E-state index contributed by atoms with van der Waals surface area (Å²) in [6.45, 7) is 1.29. The molecule has 0 atom stereocenters. The van der Waals surface area contributed by atoms with Crippen LogP contribution in [-0.2, 0) is 24.2 Å². The molecule has 19 heavy (non-hydrogen) atoms. The molecule has 98 valence electrons. The maximum atomic E-state index is 6.17. The van der Waals surface area contributed by atoms with Crippen LogP contribution in [0.25, 0.3) is 0 Å². The molecule has 5 heteroatoms. The number of aromatic nitrogens is 2. The Labute approximate surface area is 121 Å². The molecule has 1 aromatic heterocycles. The third-order valence-electron chi connectivity index (χ3n) is 3.21. The average molecular weight is 293 g/mol. The average Bonchev–Trinajstić information content (AvgIpc) is 2.42. The number of hydrogen-bond donors (Lipinski definition) is 1. The lowest BCUT2D eigenvalue weighted by atomic mass is 10.1. The lowest BCUT2D eigenvalue weighted by Gasteiger charge is -2.17. The number of benzene rings is 1. The van der Waals surface area contributed by atoms with Crippen LogP contribution in [0, 0.1) is 4.64 Å². The molecule has 3 nitrogen and oxygen atoms in total. The van der Waals surface area contributed by atoms with Crippen LogP contribution >= 0.6 is 23.8 Å². The van der Waals surface area contributed by atoms with Crippen molar-refractivity contribution in [1.82, 2.24) is 9.97 Å². The molecular formula is C14H13ClN2OS. The van der Waals surface area contributed by atoms with E-state index in [0.29, 0.717) is 17.7 Å². The maximum Gasteiger partial charge on any atom is 0.135 e. The largest absolute Gasteiger partial charge is 0.376 e. The Morgan fingerprint density at radius 3 is 3.05 bits per heavy atom. The van der Waals surface area contributed by atoms with Crippen molar-refractivity contribution in [2.75, 3.05) is 6.61 Å². The number of aromatic amines is 1. The molecule has 1 N–H and O–H groups in total. The lowest BCUT2D eigenvalue weighted by molar-refractivity contribution is 0.108. The Morgan fingerprint density at radius 2 is 2.21 bits per heavy atom. The Bertz CT molecular complexity index is 669. The van der Waals surface area contributed by atoms with Crippen LogP contribution in [0.2, 0.25) is 5.02 Å². The van der Waals surface area contributed by atoms with Gasteiger partial charge in [-0.1, -0.05) is 42.0 Å². The van der Waals surface area contributed by atoms with E-state index < -0.39 is 0 Å². The van der Waals surface area contributed by atoms with E-state index in [2.05, 4.69) is 9.97 Å². The fourth-order valence-electron chi connectivity index (χ4n) is 2.21. The summed E-state index contributed by atoms with van der Waals surface area (Å²) in [5, 5.41) is 0.754. The first-order valence-corrected chi connectivity index (χ1v) is 6.95. The number of ether oxygens (including phenoxy) is 1. The van der Waals surface area contributed by atoms with Crippen LogP contribution in [0.3, 0.4) is 0 Å². The van der Waals surface area contributed by atoms with Crippen molar-refractivity contribution in [2.45, 2.75) is 19.4 Å². The molecule has 0 saturated carbocycles. The number of halogens is 1. The van der Waals surface area contributed by atoms with E-state index in [1.165, 1.54) is 0 Å². The first kappa shape index (κ1) is 12.8. The highest BCUT2D eigenvalue weighted by atomic mass is 35.5. The number of rotatable bonds is 2. The van der Waals surface area contributed by atoms with Crippen LogP contribution in [0.1, 0.15) is 22.6 Å². The van der Waals surface area contributed by atoms with Crippen molar-refractivity contribution >= 4 is 23.8 Å². The molecule has 0 bridgehead atoms. The molecule has 1 aliphatic heterocycles. The molecule has 0 aliphatic carbocycles. The molecular weight excluding hydrogens is 280 g/mol. The standard InChI is InChI=1S/C14H13ClN2OS/c15-11-4-2-1-3-9(11)7-13-16-12-5-6-18-8-10(12)14(19)17-13/h1-4H,5-8H2,(H,16,17,19). The zero-order valence-corrected chi connectivity index (χ0v) is 11.9. The van der Waals surface area contributed by atoms with Gasteiger partial charge >= 0.3 is 0 Å². The Hall–Kier alpha value is -1.23. The molecule has 1 aromatic carbocycles. The molecule has 0 unspecified atom stereocenters. The second-order valence-electron chi connectivity index (χ2n) is 4.52. The fraction of sp³-hybridized carbons (Fsp3) is 0.286. The highest BCUT2D eigenvalue weighted by molar-refractivity contribution is 7.71. The SMILES string of the molecule is S=c1nc(Cc2ccccc2Cl)[nH]c2c1COCC2. The van der Waals surface area contributed by atoms with Gasteiger partial charge in [-0.2, -0.15) is 0 Å². The Balaban J connectivity index is 1.96. The minimum atomic E-state index is 0.560. The minimum Gasteiger partial charge on any atom is -0.376 e. The van der Waals surface area contributed by atoms with Gasteiger partial charge in [-0.25, -0.2) is 4.98 Å². The Kier molecular flexibility index (Phi) is 3.64. The number of nitrogens with one attached hydrogen (secondary N) is 1. The van der Waals surface area contributed by atoms with Crippen LogP contribution < -0.4 is 0 Å². The van der Waals surface area contributed by atoms with Crippen molar-refractivity contribution in [3.8, 4) is 0 Å². The molecule has 0 radical (unpaired) electrons. The predicted octanol–water partition coefficient (Wildman–Crippen LogP) is 3.46. The van der Waals surface area contributed by atoms with Gasteiger partial charge in [-0.05, 0) is 11.6 Å². The fourth-order valence-corrected chi connectivity index (χ4v) is 2.71. The van der Waals surface area contributed by atoms with E-state index in [1.54, 1.807) is 0 Å². The topological polar surface area (TPSA) is 37.9 Å². The van der Waals surface area contributed by atoms with Crippen LogP contribution in [0.5, 0.6) is 0 Å². The summed E-state index contributed by atoms with van der Waals surface area (Å²) in [5.41, 5.74) is 3.21. The van der Waals surface area contributed by atoms with Crippen molar-refractivity contribution in [3.63, 3.8) is 0 Å². The summed E-state index contributed by atoms with van der Waals surface area (Å²) in [6.07, 6.45) is 1.52. The van der Waals surface area contributed by atoms with Crippen LogP contribution in [-0.4, -0.2) is 16.6 Å². The van der Waals surface area contributed by atoms with Gasteiger partial charge in [0.05, 0.1) is 13.2 Å². The molecule has 0 amide bonds. The molecule has 1 aliphatic rings. The minimum absolute atomic E-state index is 0.560. The van der Waals surface area contributed by atoms with Gasteiger partial charge in [0, 0.05) is 29.1 Å². The van der Waals surface area contributed by atoms with Crippen molar-refractivity contribution in [3.05, 3.63) is 56.6 Å². The van der Waals surface area contributed by atoms with E-state index in [-0.39, 0.29) is 0 Å². The quantitative estimate of drug-likeness (QED) is 0.862. The first-order chi connectivity index (χ1) is 9.24. The van der Waals surface area contributed by atoms with Gasteiger partial charge in [0.2, 0.25) is 0 Å². The van der Waals surface area contributed by atoms with Gasteiger partial charge in [-0.3, -0.25) is 0 Å². The molecule has 2 aromatic rings. The highest BCUT2D eigenvalue weighted by Crippen LogP contribution is 2.20. The van der Waals surface area contributed by atoms with Gasteiger partial charge in [0.15, 0.2) is 0 Å². The van der Waals surface area contributed by atoms with E-state index in [1.807, 2.05) is 24.3 Å².